The number of H-pyrrole nitrogens is 1. The van der Waals surface area contributed by atoms with E-state index in [1.54, 1.807) is 63.6 Å². The molecule has 1 aromatic heterocycles. The molecule has 0 fully saturated rings. The summed E-state index contributed by atoms with van der Waals surface area (Å²) in [6.07, 6.45) is 0. The Kier molecular flexibility index (Phi) is 5.29. The van der Waals surface area contributed by atoms with Gasteiger partial charge in [0.2, 0.25) is 5.88 Å². The summed E-state index contributed by atoms with van der Waals surface area (Å²) in [6.45, 7) is 1.85. The minimum absolute atomic E-state index is 0.0762. The molecule has 8 nitrogen and oxygen atoms in total. The van der Waals surface area contributed by atoms with E-state index >= 15 is 0 Å². The van der Waals surface area contributed by atoms with E-state index in [4.69, 9.17) is 24.7 Å². The van der Waals surface area contributed by atoms with Crippen LogP contribution in [0.25, 0.3) is 10.9 Å². The Labute approximate surface area is 178 Å². The van der Waals surface area contributed by atoms with Gasteiger partial charge in [0.25, 0.3) is 5.56 Å². The largest absolute Gasteiger partial charge is 0.497 e. The fraction of sp³-hybridized carbons (Fsp3) is 0.217. The Morgan fingerprint density at radius 2 is 1.77 bits per heavy atom. The number of esters is 1. The highest BCUT2D eigenvalue weighted by Gasteiger charge is 2.38. The molecule has 31 heavy (non-hydrogen) atoms. The molecule has 3 aromatic rings. The van der Waals surface area contributed by atoms with Gasteiger partial charge in [-0.2, -0.15) is 0 Å². The van der Waals surface area contributed by atoms with Crippen molar-refractivity contribution in [2.24, 2.45) is 5.73 Å². The average molecular weight is 422 g/mol. The van der Waals surface area contributed by atoms with Crippen LogP contribution < -0.4 is 25.5 Å². The van der Waals surface area contributed by atoms with E-state index < -0.39 is 11.9 Å². The lowest BCUT2D eigenvalue weighted by Crippen LogP contribution is -2.32. The fourth-order valence-electron chi connectivity index (χ4n) is 3.77. The number of nitrogens with one attached hydrogen (secondary N) is 1. The van der Waals surface area contributed by atoms with Gasteiger partial charge in [0.15, 0.2) is 0 Å². The number of fused-ring (bicyclic) bond motifs is 3. The van der Waals surface area contributed by atoms with E-state index in [1.165, 1.54) is 0 Å². The number of rotatable bonds is 5. The Hall–Kier alpha value is -3.94. The first-order valence-electron chi connectivity index (χ1n) is 9.71. The third kappa shape index (κ3) is 3.46. The SMILES string of the molecule is CCOC(=O)C1=C(N)Oc2c(c(=O)[nH]c3ccc(OC)cc23)[C@H]1c1ccc(OC)cc1. The predicted octanol–water partition coefficient (Wildman–Crippen LogP) is 2.80. The van der Waals surface area contributed by atoms with E-state index in [-0.39, 0.29) is 34.9 Å². The number of hydrogen-bond donors (Lipinski definition) is 2. The lowest BCUT2D eigenvalue weighted by Gasteiger charge is -2.28. The number of pyridine rings is 1. The molecule has 1 aliphatic heterocycles. The second kappa shape index (κ2) is 8.06. The van der Waals surface area contributed by atoms with Crippen LogP contribution in [0.3, 0.4) is 0 Å². The van der Waals surface area contributed by atoms with Crippen LogP contribution in [-0.4, -0.2) is 31.8 Å². The van der Waals surface area contributed by atoms with Crippen molar-refractivity contribution in [3.8, 4) is 17.2 Å². The molecule has 3 N–H and O–H groups in total. The second-order valence-corrected chi connectivity index (χ2v) is 6.92. The first-order chi connectivity index (χ1) is 15.0. The van der Waals surface area contributed by atoms with Crippen molar-refractivity contribution in [3.05, 3.63) is 75.4 Å². The van der Waals surface area contributed by atoms with E-state index in [1.807, 2.05) is 0 Å². The van der Waals surface area contributed by atoms with E-state index in [2.05, 4.69) is 4.98 Å². The highest BCUT2D eigenvalue weighted by atomic mass is 16.5. The quantitative estimate of drug-likeness (QED) is 0.608. The molecule has 0 aliphatic carbocycles. The van der Waals surface area contributed by atoms with Gasteiger partial charge in [0.05, 0.1) is 37.8 Å². The molecule has 0 radical (unpaired) electrons. The zero-order valence-electron chi connectivity index (χ0n) is 17.4. The number of aromatic amines is 1. The lowest BCUT2D eigenvalue weighted by atomic mass is 9.83. The molecule has 4 rings (SSSR count). The Morgan fingerprint density at radius 1 is 1.10 bits per heavy atom. The predicted molar refractivity (Wildman–Crippen MR) is 114 cm³/mol. The van der Waals surface area contributed by atoms with Crippen molar-refractivity contribution < 1.29 is 23.7 Å². The summed E-state index contributed by atoms with van der Waals surface area (Å²) in [4.78, 5) is 28.8. The van der Waals surface area contributed by atoms with Crippen molar-refractivity contribution in [1.82, 2.24) is 4.98 Å². The molecule has 0 saturated carbocycles. The van der Waals surface area contributed by atoms with Gasteiger partial charge in [-0.25, -0.2) is 4.79 Å². The molecule has 2 aromatic carbocycles. The molecule has 0 unspecified atom stereocenters. The molecule has 0 amide bonds. The molecule has 160 valence electrons. The van der Waals surface area contributed by atoms with Crippen LogP contribution in [-0.2, 0) is 9.53 Å². The summed E-state index contributed by atoms with van der Waals surface area (Å²) in [6, 6.07) is 12.3. The number of hydrogen-bond acceptors (Lipinski definition) is 7. The molecule has 0 spiro atoms. The number of methoxy groups -OCH3 is 2. The topological polar surface area (TPSA) is 113 Å². The Morgan fingerprint density at radius 3 is 2.42 bits per heavy atom. The first-order valence-corrected chi connectivity index (χ1v) is 9.71. The van der Waals surface area contributed by atoms with Gasteiger partial charge in [-0.3, -0.25) is 4.79 Å². The van der Waals surface area contributed by atoms with Crippen LogP contribution in [0.1, 0.15) is 24.0 Å². The van der Waals surface area contributed by atoms with Crippen LogP contribution in [0.2, 0.25) is 0 Å². The second-order valence-electron chi connectivity index (χ2n) is 6.92. The molecule has 0 bridgehead atoms. The molecule has 2 heterocycles. The summed E-state index contributed by atoms with van der Waals surface area (Å²) in [5.41, 5.74) is 7.40. The van der Waals surface area contributed by atoms with Gasteiger partial charge in [0, 0.05) is 5.39 Å². The Balaban J connectivity index is 2.02. The standard InChI is InChI=1S/C23H22N2O6/c1-4-30-23(27)19-17(12-5-7-13(28-2)8-6-12)18-20(31-21(19)24)15-11-14(29-3)9-10-16(15)25-22(18)26/h5-11,17H,4,24H2,1-3H3,(H,25,26)/t17-/m1/s1. The maximum Gasteiger partial charge on any atom is 0.340 e. The van der Waals surface area contributed by atoms with Gasteiger partial charge < -0.3 is 29.7 Å². The minimum Gasteiger partial charge on any atom is -0.497 e. The van der Waals surface area contributed by atoms with Gasteiger partial charge in [-0.1, -0.05) is 12.1 Å². The van der Waals surface area contributed by atoms with Crippen LogP contribution in [0.4, 0.5) is 0 Å². The third-order valence-corrected chi connectivity index (χ3v) is 5.21. The third-order valence-electron chi connectivity index (χ3n) is 5.21. The molecule has 0 saturated heterocycles. The summed E-state index contributed by atoms with van der Waals surface area (Å²) >= 11 is 0. The number of carbonyl (C=O) groups is 1. The van der Waals surface area contributed by atoms with Crippen molar-refractivity contribution in [3.63, 3.8) is 0 Å². The van der Waals surface area contributed by atoms with E-state index in [0.29, 0.717) is 28.0 Å². The maximum atomic E-state index is 13.2. The summed E-state index contributed by atoms with van der Waals surface area (Å²) in [5.74, 6) is -0.0249. The highest BCUT2D eigenvalue weighted by Crippen LogP contribution is 2.44. The van der Waals surface area contributed by atoms with Crippen LogP contribution in [0.5, 0.6) is 17.2 Å². The number of ether oxygens (including phenoxy) is 4. The van der Waals surface area contributed by atoms with Crippen molar-refractivity contribution in [2.75, 3.05) is 20.8 Å². The van der Waals surface area contributed by atoms with E-state index in [0.717, 1.165) is 0 Å². The van der Waals surface area contributed by atoms with Gasteiger partial charge >= 0.3 is 5.97 Å². The number of benzene rings is 2. The fourth-order valence-corrected chi connectivity index (χ4v) is 3.77. The van der Waals surface area contributed by atoms with Crippen molar-refractivity contribution in [2.45, 2.75) is 12.8 Å². The number of nitrogens with two attached hydrogens (primary N) is 1. The number of carbonyl (C=O) groups excluding carboxylic acids is 1. The zero-order chi connectivity index (χ0) is 22.1. The first kappa shape index (κ1) is 20.3. The monoisotopic (exact) mass is 422 g/mol. The summed E-state index contributed by atoms with van der Waals surface area (Å²) in [5, 5.41) is 0.610. The molecule has 1 atom stereocenters. The minimum atomic E-state index is -0.784. The zero-order valence-corrected chi connectivity index (χ0v) is 17.4. The lowest BCUT2D eigenvalue weighted by molar-refractivity contribution is -0.139. The van der Waals surface area contributed by atoms with E-state index in [9.17, 15) is 9.59 Å². The summed E-state index contributed by atoms with van der Waals surface area (Å²) in [7, 11) is 3.11. The average Bonchev–Trinajstić information content (AvgIpc) is 2.78. The smallest absolute Gasteiger partial charge is 0.340 e. The van der Waals surface area contributed by atoms with Crippen molar-refractivity contribution in [1.29, 1.82) is 0 Å². The molecule has 1 aliphatic rings. The summed E-state index contributed by atoms with van der Waals surface area (Å²) < 4.78 is 21.6. The number of aromatic nitrogens is 1. The van der Waals surface area contributed by atoms with Crippen LogP contribution in [0.15, 0.2) is 58.7 Å². The van der Waals surface area contributed by atoms with Crippen LogP contribution >= 0.6 is 0 Å². The normalized spacial score (nSPS) is 15.3. The molecular formula is C23H22N2O6. The van der Waals surface area contributed by atoms with Crippen molar-refractivity contribution >= 4 is 16.9 Å². The van der Waals surface area contributed by atoms with Gasteiger partial charge in [0.1, 0.15) is 22.8 Å². The van der Waals surface area contributed by atoms with Gasteiger partial charge in [-0.15, -0.1) is 0 Å². The van der Waals surface area contributed by atoms with Gasteiger partial charge in [-0.05, 0) is 42.8 Å². The molecule has 8 heteroatoms. The highest BCUT2D eigenvalue weighted by molar-refractivity contribution is 5.95. The van der Waals surface area contributed by atoms with Crippen LogP contribution in [0, 0.1) is 0 Å². The molecular weight excluding hydrogens is 400 g/mol. The Bertz CT molecular complexity index is 1240. The maximum absolute atomic E-state index is 13.2.